The lowest BCUT2D eigenvalue weighted by molar-refractivity contribution is -0.134. The first-order valence-electron chi connectivity index (χ1n) is 5.64. The van der Waals surface area contributed by atoms with E-state index < -0.39 is 17.7 Å². The molecule has 0 aromatic carbocycles. The van der Waals surface area contributed by atoms with Crippen LogP contribution in [0.1, 0.15) is 20.8 Å². The van der Waals surface area contributed by atoms with Gasteiger partial charge in [-0.05, 0) is 20.8 Å². The van der Waals surface area contributed by atoms with E-state index in [2.05, 4.69) is 10.1 Å². The molecule has 0 fully saturated rings. The van der Waals surface area contributed by atoms with E-state index >= 15 is 0 Å². The van der Waals surface area contributed by atoms with Gasteiger partial charge in [0.15, 0.2) is 0 Å². The van der Waals surface area contributed by atoms with Gasteiger partial charge in [-0.1, -0.05) is 6.08 Å². The monoisotopic (exact) mass is 259 g/mol. The predicted molar refractivity (Wildman–Crippen MR) is 66.2 cm³/mol. The van der Waals surface area contributed by atoms with Crippen LogP contribution in [0.25, 0.3) is 0 Å². The topological polar surface area (TPSA) is 73.9 Å². The number of carbonyl (C=O) groups excluding carboxylic acids is 2. The number of carbonyl (C=O) groups is 2. The van der Waals surface area contributed by atoms with Crippen molar-refractivity contribution in [2.75, 3.05) is 26.9 Å². The van der Waals surface area contributed by atoms with Gasteiger partial charge in [0.25, 0.3) is 0 Å². The Morgan fingerprint density at radius 2 is 1.94 bits per heavy atom. The highest BCUT2D eigenvalue weighted by atomic mass is 16.6. The molecule has 0 aromatic rings. The van der Waals surface area contributed by atoms with Crippen molar-refractivity contribution in [3.05, 3.63) is 12.2 Å². The van der Waals surface area contributed by atoms with Gasteiger partial charge < -0.3 is 19.5 Å². The maximum atomic E-state index is 11.2. The number of ether oxygens (including phenoxy) is 3. The first kappa shape index (κ1) is 16.4. The molecule has 104 valence electrons. The summed E-state index contributed by atoms with van der Waals surface area (Å²) in [7, 11) is 1.30. The zero-order valence-electron chi connectivity index (χ0n) is 11.3. The summed E-state index contributed by atoms with van der Waals surface area (Å²) in [5.41, 5.74) is -0.506. The van der Waals surface area contributed by atoms with Gasteiger partial charge in [-0.3, -0.25) is 0 Å². The van der Waals surface area contributed by atoms with Crippen LogP contribution in [-0.4, -0.2) is 44.5 Å². The van der Waals surface area contributed by atoms with E-state index in [1.807, 2.05) is 0 Å². The number of hydrogen-bond donors (Lipinski definition) is 1. The minimum atomic E-state index is -0.506. The van der Waals surface area contributed by atoms with Crippen molar-refractivity contribution in [1.29, 1.82) is 0 Å². The zero-order valence-corrected chi connectivity index (χ0v) is 11.3. The normalized spacial score (nSPS) is 11.3. The highest BCUT2D eigenvalue weighted by Gasteiger charge is 2.15. The van der Waals surface area contributed by atoms with Crippen LogP contribution in [0.4, 0.5) is 4.79 Å². The molecule has 0 unspecified atom stereocenters. The maximum absolute atomic E-state index is 11.2. The second kappa shape index (κ2) is 8.52. The Balaban J connectivity index is 3.49. The van der Waals surface area contributed by atoms with Gasteiger partial charge >= 0.3 is 12.1 Å². The molecule has 0 aliphatic heterocycles. The number of esters is 1. The van der Waals surface area contributed by atoms with Crippen LogP contribution in [0.2, 0.25) is 0 Å². The van der Waals surface area contributed by atoms with Crippen molar-refractivity contribution in [2.45, 2.75) is 26.4 Å². The van der Waals surface area contributed by atoms with Crippen molar-refractivity contribution in [3.63, 3.8) is 0 Å². The molecule has 0 heterocycles. The van der Waals surface area contributed by atoms with E-state index in [0.717, 1.165) is 0 Å². The van der Waals surface area contributed by atoms with Crippen LogP contribution in [0.15, 0.2) is 12.2 Å². The first-order valence-corrected chi connectivity index (χ1v) is 5.64. The van der Waals surface area contributed by atoms with Crippen LogP contribution in [0.3, 0.4) is 0 Å². The molecule has 0 saturated heterocycles. The first-order chi connectivity index (χ1) is 8.35. The van der Waals surface area contributed by atoms with E-state index in [1.165, 1.54) is 13.2 Å². The fourth-order valence-electron chi connectivity index (χ4n) is 0.903. The van der Waals surface area contributed by atoms with Gasteiger partial charge in [0, 0.05) is 12.6 Å². The number of rotatable bonds is 6. The fraction of sp³-hybridized carbons (Fsp3) is 0.667. The molecular weight excluding hydrogens is 238 g/mol. The number of hydrogen-bond acceptors (Lipinski definition) is 5. The smallest absolute Gasteiger partial charge is 0.407 e. The molecule has 0 atom stereocenters. The molecule has 0 aliphatic carbocycles. The highest BCUT2D eigenvalue weighted by Crippen LogP contribution is 2.05. The Bertz CT molecular complexity index is 293. The van der Waals surface area contributed by atoms with Gasteiger partial charge in [0.1, 0.15) is 5.60 Å². The molecule has 0 saturated carbocycles. The third-order valence-corrected chi connectivity index (χ3v) is 1.58. The largest absolute Gasteiger partial charge is 0.466 e. The zero-order chi connectivity index (χ0) is 14.0. The molecule has 6 heteroatoms. The quantitative estimate of drug-likeness (QED) is 0.441. The molecular formula is C12H21NO5. The van der Waals surface area contributed by atoms with Gasteiger partial charge in [-0.25, -0.2) is 9.59 Å². The lowest BCUT2D eigenvalue weighted by atomic mass is 10.2. The van der Waals surface area contributed by atoms with Gasteiger partial charge in [0.05, 0.1) is 20.3 Å². The van der Waals surface area contributed by atoms with E-state index in [0.29, 0.717) is 13.2 Å². The lowest BCUT2D eigenvalue weighted by Gasteiger charge is -2.19. The predicted octanol–water partition coefficient (Wildman–Crippen LogP) is 1.26. The Labute approximate surface area is 107 Å². The summed E-state index contributed by atoms with van der Waals surface area (Å²) in [6.07, 6.45) is 2.34. The van der Waals surface area contributed by atoms with Crippen molar-refractivity contribution in [1.82, 2.24) is 5.32 Å². The van der Waals surface area contributed by atoms with Crippen LogP contribution < -0.4 is 5.32 Å². The summed E-state index contributed by atoms with van der Waals surface area (Å²) in [6, 6.07) is 0. The Hall–Kier alpha value is -1.56. The molecule has 0 bridgehead atoms. The summed E-state index contributed by atoms with van der Waals surface area (Å²) in [4.78, 5) is 21.9. The molecule has 0 radical (unpaired) electrons. The molecule has 0 rings (SSSR count). The minimum absolute atomic E-state index is 0.283. The summed E-state index contributed by atoms with van der Waals surface area (Å²) >= 11 is 0. The lowest BCUT2D eigenvalue weighted by Crippen LogP contribution is -2.34. The second-order valence-corrected chi connectivity index (χ2v) is 4.43. The standard InChI is InChI=1S/C12H21NO5/c1-12(2,3)18-11(15)13-7-9-17-8-5-6-10(14)16-4/h5-6H,7-9H2,1-4H3,(H,13,15)/b6-5+. The Morgan fingerprint density at radius 3 is 2.50 bits per heavy atom. The average Bonchev–Trinajstić information content (AvgIpc) is 2.25. The minimum Gasteiger partial charge on any atom is -0.466 e. The van der Waals surface area contributed by atoms with Crippen molar-refractivity contribution in [3.8, 4) is 0 Å². The van der Waals surface area contributed by atoms with Crippen LogP contribution in [-0.2, 0) is 19.0 Å². The van der Waals surface area contributed by atoms with E-state index in [1.54, 1.807) is 26.8 Å². The number of nitrogens with one attached hydrogen (secondary N) is 1. The molecule has 0 spiro atoms. The average molecular weight is 259 g/mol. The summed E-state index contributed by atoms with van der Waals surface area (Å²) in [5.74, 6) is -0.425. The van der Waals surface area contributed by atoms with Gasteiger partial charge in [0.2, 0.25) is 0 Å². The number of methoxy groups -OCH3 is 1. The second-order valence-electron chi connectivity index (χ2n) is 4.43. The van der Waals surface area contributed by atoms with Gasteiger partial charge in [-0.15, -0.1) is 0 Å². The summed E-state index contributed by atoms with van der Waals surface area (Å²) in [5, 5.41) is 2.55. The fourth-order valence-corrected chi connectivity index (χ4v) is 0.903. The molecule has 1 N–H and O–H groups in total. The molecule has 6 nitrogen and oxygen atoms in total. The third kappa shape index (κ3) is 10.9. The van der Waals surface area contributed by atoms with Crippen molar-refractivity contribution >= 4 is 12.1 Å². The third-order valence-electron chi connectivity index (χ3n) is 1.58. The van der Waals surface area contributed by atoms with Crippen molar-refractivity contribution in [2.24, 2.45) is 0 Å². The molecule has 0 aliphatic rings. The van der Waals surface area contributed by atoms with Crippen LogP contribution >= 0.6 is 0 Å². The van der Waals surface area contributed by atoms with Crippen LogP contribution in [0.5, 0.6) is 0 Å². The van der Waals surface area contributed by atoms with Gasteiger partial charge in [-0.2, -0.15) is 0 Å². The van der Waals surface area contributed by atoms with Crippen LogP contribution in [0, 0.1) is 0 Å². The van der Waals surface area contributed by atoms with E-state index in [9.17, 15) is 9.59 Å². The maximum Gasteiger partial charge on any atom is 0.407 e. The Kier molecular flexibility index (Phi) is 7.78. The van der Waals surface area contributed by atoms with E-state index in [-0.39, 0.29) is 6.61 Å². The highest BCUT2D eigenvalue weighted by molar-refractivity contribution is 5.81. The Morgan fingerprint density at radius 1 is 1.28 bits per heavy atom. The molecule has 0 aromatic heterocycles. The van der Waals surface area contributed by atoms with Crippen molar-refractivity contribution < 1.29 is 23.8 Å². The molecule has 18 heavy (non-hydrogen) atoms. The number of amides is 1. The van der Waals surface area contributed by atoms with E-state index in [4.69, 9.17) is 9.47 Å². The summed E-state index contributed by atoms with van der Waals surface area (Å²) in [6.45, 7) is 6.35. The molecule has 1 amide bonds. The summed E-state index contributed by atoms with van der Waals surface area (Å²) < 4.78 is 14.6. The SMILES string of the molecule is COC(=O)/C=C/COCCNC(=O)OC(C)(C)C. The number of alkyl carbamates (subject to hydrolysis) is 1.